The molecule has 0 radical (unpaired) electrons. The lowest BCUT2D eigenvalue weighted by Crippen LogP contribution is -2.05. The van der Waals surface area contributed by atoms with Gasteiger partial charge in [0, 0.05) is 29.5 Å². The molecule has 136 valence electrons. The zero-order chi connectivity index (χ0) is 19.6. The van der Waals surface area contributed by atoms with Crippen molar-refractivity contribution in [3.05, 3.63) is 81.7 Å². The third-order valence-electron chi connectivity index (χ3n) is 3.90. The molecule has 9 heteroatoms. The summed E-state index contributed by atoms with van der Waals surface area (Å²) < 4.78 is 39.3. The van der Waals surface area contributed by atoms with Crippen LogP contribution in [-0.2, 0) is 12.7 Å². The molecular weight excluding hydrogens is 361 g/mol. The number of nitriles is 1. The maximum absolute atomic E-state index is 12.6. The first-order chi connectivity index (χ1) is 12.8. The molecule has 1 heterocycles. The molecule has 0 spiro atoms. The van der Waals surface area contributed by atoms with E-state index in [1.807, 2.05) is 6.07 Å². The number of nitro groups is 1. The summed E-state index contributed by atoms with van der Waals surface area (Å²) in [5.74, 6) is 0. The molecule has 1 aromatic heterocycles. The zero-order valence-electron chi connectivity index (χ0n) is 13.6. The van der Waals surface area contributed by atoms with E-state index < -0.39 is 16.7 Å². The Balaban J connectivity index is 1.83. The maximum atomic E-state index is 12.6. The molecule has 0 aliphatic rings. The van der Waals surface area contributed by atoms with Crippen LogP contribution >= 0.6 is 0 Å². The molecule has 27 heavy (non-hydrogen) atoms. The highest BCUT2D eigenvalue weighted by molar-refractivity contribution is 5.71. The van der Waals surface area contributed by atoms with Gasteiger partial charge in [-0.3, -0.25) is 14.8 Å². The molecule has 0 saturated carbocycles. The average Bonchev–Trinajstić information content (AvgIpc) is 3.09. The molecule has 0 amide bonds. The van der Waals surface area contributed by atoms with Crippen LogP contribution in [0, 0.1) is 21.4 Å². The van der Waals surface area contributed by atoms with Crippen LogP contribution in [0.25, 0.3) is 11.1 Å². The number of benzene rings is 2. The number of halogens is 3. The summed E-state index contributed by atoms with van der Waals surface area (Å²) in [6, 6.07) is 10.6. The number of aromatic nitrogens is 2. The first-order valence-electron chi connectivity index (χ1n) is 7.65. The minimum absolute atomic E-state index is 0.137. The lowest BCUT2D eigenvalue weighted by molar-refractivity contribution is -0.384. The van der Waals surface area contributed by atoms with Gasteiger partial charge in [0.15, 0.2) is 0 Å². The van der Waals surface area contributed by atoms with Gasteiger partial charge >= 0.3 is 6.18 Å². The van der Waals surface area contributed by atoms with Crippen LogP contribution in [0.15, 0.2) is 54.9 Å². The van der Waals surface area contributed by atoms with Gasteiger partial charge in [-0.15, -0.1) is 0 Å². The Bertz CT molecular complexity index is 1030. The molecule has 0 N–H and O–H groups in total. The number of nitro benzene ring substituents is 1. The second kappa shape index (κ2) is 6.92. The van der Waals surface area contributed by atoms with Gasteiger partial charge in [0.1, 0.15) is 6.07 Å². The van der Waals surface area contributed by atoms with Gasteiger partial charge < -0.3 is 0 Å². The molecule has 2 aromatic carbocycles. The van der Waals surface area contributed by atoms with E-state index in [1.165, 1.54) is 41.2 Å². The fraction of sp³-hybridized carbons (Fsp3) is 0.111. The summed E-state index contributed by atoms with van der Waals surface area (Å²) in [6.45, 7) is 0.243. The quantitative estimate of drug-likeness (QED) is 0.502. The van der Waals surface area contributed by atoms with Crippen LogP contribution in [0.1, 0.15) is 16.7 Å². The van der Waals surface area contributed by atoms with Crippen molar-refractivity contribution in [3.8, 4) is 17.2 Å². The van der Waals surface area contributed by atoms with Crippen molar-refractivity contribution in [1.82, 2.24) is 9.78 Å². The number of alkyl halides is 3. The predicted molar refractivity (Wildman–Crippen MR) is 89.6 cm³/mol. The van der Waals surface area contributed by atoms with Gasteiger partial charge in [0.2, 0.25) is 0 Å². The Morgan fingerprint density at radius 3 is 2.48 bits per heavy atom. The first-order valence-corrected chi connectivity index (χ1v) is 7.65. The maximum Gasteiger partial charge on any atom is 0.416 e. The zero-order valence-corrected chi connectivity index (χ0v) is 13.6. The van der Waals surface area contributed by atoms with Crippen LogP contribution in [0.4, 0.5) is 18.9 Å². The van der Waals surface area contributed by atoms with Gasteiger partial charge in [0.05, 0.1) is 28.8 Å². The van der Waals surface area contributed by atoms with E-state index in [1.54, 1.807) is 6.20 Å². The van der Waals surface area contributed by atoms with Crippen molar-refractivity contribution in [2.45, 2.75) is 12.7 Å². The summed E-state index contributed by atoms with van der Waals surface area (Å²) in [5.41, 5.74) is 0.916. The van der Waals surface area contributed by atoms with Crippen LogP contribution in [0.2, 0.25) is 0 Å². The average molecular weight is 372 g/mol. The number of rotatable bonds is 4. The standard InChI is InChI=1S/C18H11F3N4O2/c19-18(20,21)15-3-1-12(2-4-15)10-24-11-14(9-23-24)17-6-5-16(25(26)27)7-13(17)8-22/h1-7,9,11H,10H2. The first kappa shape index (κ1) is 18.1. The van der Waals surface area contributed by atoms with E-state index in [2.05, 4.69) is 5.10 Å². The number of hydrogen-bond donors (Lipinski definition) is 0. The highest BCUT2D eigenvalue weighted by Crippen LogP contribution is 2.29. The Labute approximate surface area is 151 Å². The Morgan fingerprint density at radius 2 is 1.89 bits per heavy atom. The predicted octanol–water partition coefficient (Wildman–Crippen LogP) is 4.40. The van der Waals surface area contributed by atoms with Crippen LogP contribution < -0.4 is 0 Å². The third-order valence-corrected chi connectivity index (χ3v) is 3.90. The lowest BCUT2D eigenvalue weighted by atomic mass is 10.0. The topological polar surface area (TPSA) is 84.8 Å². The second-order valence-electron chi connectivity index (χ2n) is 5.72. The smallest absolute Gasteiger partial charge is 0.268 e. The molecule has 0 saturated heterocycles. The SMILES string of the molecule is N#Cc1cc([N+](=O)[O-])ccc1-c1cnn(Cc2ccc(C(F)(F)F)cc2)c1. The van der Waals surface area contributed by atoms with Gasteiger partial charge in [-0.05, 0) is 23.8 Å². The summed E-state index contributed by atoms with van der Waals surface area (Å²) in [5, 5.41) is 24.2. The van der Waals surface area contributed by atoms with Gasteiger partial charge in [0.25, 0.3) is 5.69 Å². The minimum Gasteiger partial charge on any atom is -0.268 e. The number of nitrogens with zero attached hydrogens (tertiary/aromatic N) is 4. The molecule has 0 atom stereocenters. The van der Waals surface area contributed by atoms with Crippen molar-refractivity contribution in [3.63, 3.8) is 0 Å². The van der Waals surface area contributed by atoms with Crippen molar-refractivity contribution in [1.29, 1.82) is 5.26 Å². The van der Waals surface area contributed by atoms with Gasteiger partial charge in [-0.25, -0.2) is 0 Å². The molecule has 3 aromatic rings. The van der Waals surface area contributed by atoms with E-state index in [-0.39, 0.29) is 17.8 Å². The Morgan fingerprint density at radius 1 is 1.19 bits per heavy atom. The Kier molecular flexibility index (Phi) is 4.64. The molecule has 0 fully saturated rings. The molecule has 0 aliphatic heterocycles. The highest BCUT2D eigenvalue weighted by atomic mass is 19.4. The van der Waals surface area contributed by atoms with Crippen LogP contribution in [0.5, 0.6) is 0 Å². The van der Waals surface area contributed by atoms with Crippen molar-refractivity contribution in [2.75, 3.05) is 0 Å². The summed E-state index contributed by atoms with van der Waals surface area (Å²) in [4.78, 5) is 10.2. The van der Waals surface area contributed by atoms with E-state index in [4.69, 9.17) is 0 Å². The van der Waals surface area contributed by atoms with E-state index in [0.29, 0.717) is 16.7 Å². The number of non-ortho nitro benzene ring substituents is 1. The Hall–Kier alpha value is -3.67. The third kappa shape index (κ3) is 3.95. The number of hydrogen-bond acceptors (Lipinski definition) is 4. The lowest BCUT2D eigenvalue weighted by Gasteiger charge is -2.07. The van der Waals surface area contributed by atoms with E-state index >= 15 is 0 Å². The molecule has 3 rings (SSSR count). The van der Waals surface area contributed by atoms with Gasteiger partial charge in [-0.1, -0.05) is 12.1 Å². The summed E-state index contributed by atoms with van der Waals surface area (Å²) in [6.07, 6.45) is -1.27. The fourth-order valence-corrected chi connectivity index (χ4v) is 2.57. The fourth-order valence-electron chi connectivity index (χ4n) is 2.57. The van der Waals surface area contributed by atoms with E-state index in [0.717, 1.165) is 12.1 Å². The molecular formula is C18H11F3N4O2. The minimum atomic E-state index is -4.39. The van der Waals surface area contributed by atoms with E-state index in [9.17, 15) is 28.5 Å². The van der Waals surface area contributed by atoms with Crippen LogP contribution in [-0.4, -0.2) is 14.7 Å². The van der Waals surface area contributed by atoms with Crippen molar-refractivity contribution < 1.29 is 18.1 Å². The second-order valence-corrected chi connectivity index (χ2v) is 5.72. The van der Waals surface area contributed by atoms with Crippen molar-refractivity contribution >= 4 is 5.69 Å². The molecule has 0 bridgehead atoms. The normalized spacial score (nSPS) is 11.2. The van der Waals surface area contributed by atoms with Crippen molar-refractivity contribution in [2.24, 2.45) is 0 Å². The largest absolute Gasteiger partial charge is 0.416 e. The summed E-state index contributed by atoms with van der Waals surface area (Å²) in [7, 11) is 0. The molecule has 6 nitrogen and oxygen atoms in total. The molecule has 0 unspecified atom stereocenters. The summed E-state index contributed by atoms with van der Waals surface area (Å²) >= 11 is 0. The molecule has 0 aliphatic carbocycles. The van der Waals surface area contributed by atoms with Gasteiger partial charge in [-0.2, -0.15) is 23.5 Å². The van der Waals surface area contributed by atoms with Crippen LogP contribution in [0.3, 0.4) is 0 Å². The highest BCUT2D eigenvalue weighted by Gasteiger charge is 2.29. The monoisotopic (exact) mass is 372 g/mol.